The van der Waals surface area contributed by atoms with Crippen molar-refractivity contribution in [1.82, 2.24) is 0 Å². The monoisotopic (exact) mass is 266 g/mol. The molecule has 0 aromatic heterocycles. The normalized spacial score (nSPS) is 19.2. The van der Waals surface area contributed by atoms with Gasteiger partial charge in [0, 0.05) is 5.56 Å². The van der Waals surface area contributed by atoms with Crippen LogP contribution >= 0.6 is 0 Å². The van der Waals surface area contributed by atoms with Gasteiger partial charge in [0.25, 0.3) is 0 Å². The Morgan fingerprint density at radius 3 is 2.35 bits per heavy atom. The highest BCUT2D eigenvalue weighted by atomic mass is 14.3. The Morgan fingerprint density at radius 2 is 1.75 bits per heavy atom. The third-order valence-electron chi connectivity index (χ3n) is 4.48. The van der Waals surface area contributed by atoms with Crippen LogP contribution in [0.25, 0.3) is 0 Å². The maximum atomic E-state index is 3.28. The second-order valence-electron chi connectivity index (χ2n) is 7.03. The van der Waals surface area contributed by atoms with E-state index in [1.807, 2.05) is 0 Å². The van der Waals surface area contributed by atoms with Crippen molar-refractivity contribution in [1.29, 1.82) is 0 Å². The lowest BCUT2D eigenvalue weighted by molar-refractivity contribution is 0.197. The standard InChI is InChI=1S/C20H26/c1-16-8-5-6-10-18(16)11-7-9-17-12-14-19(15-13-17)20(2,3)4/h5-6,8-10,19H,12-15H2,1-4H3. The molecule has 1 aromatic rings. The fraction of sp³-hybridized carbons (Fsp3) is 0.500. The summed E-state index contributed by atoms with van der Waals surface area (Å²) in [5.74, 6) is 7.39. The summed E-state index contributed by atoms with van der Waals surface area (Å²) in [6, 6.07) is 8.33. The van der Waals surface area contributed by atoms with Crippen molar-refractivity contribution in [3.8, 4) is 11.8 Å². The van der Waals surface area contributed by atoms with Gasteiger partial charge in [0.2, 0.25) is 0 Å². The van der Waals surface area contributed by atoms with Crippen LogP contribution in [0.5, 0.6) is 0 Å². The summed E-state index contributed by atoms with van der Waals surface area (Å²) >= 11 is 0. The number of hydrogen-bond donors (Lipinski definition) is 0. The van der Waals surface area contributed by atoms with Crippen LogP contribution < -0.4 is 0 Å². The van der Waals surface area contributed by atoms with Gasteiger partial charge in [0.05, 0.1) is 0 Å². The van der Waals surface area contributed by atoms with Crippen molar-refractivity contribution in [3.05, 3.63) is 47.0 Å². The Hall–Kier alpha value is -1.48. The molecule has 20 heavy (non-hydrogen) atoms. The summed E-state index contributed by atoms with van der Waals surface area (Å²) in [4.78, 5) is 0. The molecule has 0 spiro atoms. The van der Waals surface area contributed by atoms with E-state index in [1.165, 1.54) is 36.8 Å². The molecule has 1 saturated carbocycles. The fourth-order valence-corrected chi connectivity index (χ4v) is 2.93. The van der Waals surface area contributed by atoms with E-state index in [-0.39, 0.29) is 0 Å². The molecule has 1 aliphatic carbocycles. The Bertz CT molecular complexity index is 533. The second kappa shape index (κ2) is 6.31. The van der Waals surface area contributed by atoms with Crippen molar-refractivity contribution in [3.63, 3.8) is 0 Å². The van der Waals surface area contributed by atoms with Crippen molar-refractivity contribution < 1.29 is 0 Å². The molecule has 0 atom stereocenters. The summed E-state index contributed by atoms with van der Waals surface area (Å²) < 4.78 is 0. The summed E-state index contributed by atoms with van der Waals surface area (Å²) in [6.07, 6.45) is 7.25. The van der Waals surface area contributed by atoms with Crippen LogP contribution in [0, 0.1) is 30.1 Å². The van der Waals surface area contributed by atoms with Crippen molar-refractivity contribution in [2.24, 2.45) is 11.3 Å². The van der Waals surface area contributed by atoms with Gasteiger partial charge >= 0.3 is 0 Å². The van der Waals surface area contributed by atoms with Gasteiger partial charge in [-0.15, -0.1) is 0 Å². The molecule has 1 aromatic carbocycles. The molecule has 2 rings (SSSR count). The van der Waals surface area contributed by atoms with Gasteiger partial charge in [-0.1, -0.05) is 56.4 Å². The summed E-state index contributed by atoms with van der Waals surface area (Å²) in [7, 11) is 0. The van der Waals surface area contributed by atoms with E-state index >= 15 is 0 Å². The Morgan fingerprint density at radius 1 is 1.10 bits per heavy atom. The third-order valence-corrected chi connectivity index (χ3v) is 4.48. The van der Waals surface area contributed by atoms with Gasteiger partial charge in [-0.2, -0.15) is 0 Å². The lowest BCUT2D eigenvalue weighted by atomic mass is 9.71. The summed E-state index contributed by atoms with van der Waals surface area (Å²) in [6.45, 7) is 9.21. The zero-order valence-corrected chi connectivity index (χ0v) is 13.3. The highest BCUT2D eigenvalue weighted by molar-refractivity contribution is 5.42. The first-order chi connectivity index (χ1) is 9.47. The predicted octanol–water partition coefficient (Wildman–Crippen LogP) is 5.51. The van der Waals surface area contributed by atoms with Gasteiger partial charge in [-0.05, 0) is 61.6 Å². The molecule has 1 fully saturated rings. The molecule has 0 heteroatoms. The lowest BCUT2D eigenvalue weighted by Gasteiger charge is -2.34. The predicted molar refractivity (Wildman–Crippen MR) is 87.6 cm³/mol. The van der Waals surface area contributed by atoms with Crippen LogP contribution in [0.2, 0.25) is 0 Å². The van der Waals surface area contributed by atoms with E-state index in [2.05, 4.69) is 69.9 Å². The van der Waals surface area contributed by atoms with Crippen LogP contribution in [0.3, 0.4) is 0 Å². The van der Waals surface area contributed by atoms with Crippen LogP contribution in [0.4, 0.5) is 0 Å². The molecule has 1 aliphatic rings. The van der Waals surface area contributed by atoms with Gasteiger partial charge in [0.1, 0.15) is 0 Å². The molecular weight excluding hydrogens is 240 g/mol. The Labute approximate surface area is 124 Å². The number of allylic oxidation sites excluding steroid dienone is 2. The molecule has 0 aliphatic heterocycles. The Balaban J connectivity index is 1.97. The van der Waals surface area contributed by atoms with Gasteiger partial charge < -0.3 is 0 Å². The average Bonchev–Trinajstić information content (AvgIpc) is 2.40. The second-order valence-corrected chi connectivity index (χ2v) is 7.03. The summed E-state index contributed by atoms with van der Waals surface area (Å²) in [5.41, 5.74) is 4.40. The molecule has 0 radical (unpaired) electrons. The zero-order valence-electron chi connectivity index (χ0n) is 13.3. The molecule has 0 nitrogen and oxygen atoms in total. The van der Waals surface area contributed by atoms with Crippen LogP contribution in [0.1, 0.15) is 57.6 Å². The van der Waals surface area contributed by atoms with Gasteiger partial charge in [0.15, 0.2) is 0 Å². The van der Waals surface area contributed by atoms with Gasteiger partial charge in [-0.3, -0.25) is 0 Å². The third kappa shape index (κ3) is 4.01. The van der Waals surface area contributed by atoms with E-state index in [0.717, 1.165) is 11.5 Å². The average molecular weight is 266 g/mol. The molecule has 0 unspecified atom stereocenters. The highest BCUT2D eigenvalue weighted by Crippen LogP contribution is 2.39. The minimum absolute atomic E-state index is 0.457. The first-order valence-corrected chi connectivity index (χ1v) is 7.72. The molecule has 0 N–H and O–H groups in total. The first kappa shape index (κ1) is 14.9. The largest absolute Gasteiger partial charge is 0.0697 e. The van der Waals surface area contributed by atoms with Crippen LogP contribution in [-0.2, 0) is 0 Å². The van der Waals surface area contributed by atoms with E-state index in [9.17, 15) is 0 Å². The van der Waals surface area contributed by atoms with Crippen molar-refractivity contribution in [2.75, 3.05) is 0 Å². The first-order valence-electron chi connectivity index (χ1n) is 7.72. The van der Waals surface area contributed by atoms with Crippen LogP contribution in [0.15, 0.2) is 35.9 Å². The molecule has 0 saturated heterocycles. The number of aryl methyl sites for hydroxylation is 1. The smallest absolute Gasteiger partial charge is 0.0278 e. The topological polar surface area (TPSA) is 0 Å². The minimum Gasteiger partial charge on any atom is -0.0697 e. The van der Waals surface area contributed by atoms with E-state index in [0.29, 0.717) is 5.41 Å². The number of hydrogen-bond acceptors (Lipinski definition) is 0. The summed E-state index contributed by atoms with van der Waals surface area (Å²) in [5, 5.41) is 0. The molecule has 0 heterocycles. The van der Waals surface area contributed by atoms with Gasteiger partial charge in [-0.25, -0.2) is 0 Å². The van der Waals surface area contributed by atoms with Crippen molar-refractivity contribution in [2.45, 2.75) is 53.4 Å². The fourth-order valence-electron chi connectivity index (χ4n) is 2.93. The molecular formula is C20H26. The minimum atomic E-state index is 0.457. The maximum Gasteiger partial charge on any atom is 0.0278 e. The van der Waals surface area contributed by atoms with E-state index < -0.39 is 0 Å². The van der Waals surface area contributed by atoms with E-state index in [1.54, 1.807) is 0 Å². The lowest BCUT2D eigenvalue weighted by Crippen LogP contribution is -2.23. The highest BCUT2D eigenvalue weighted by Gasteiger charge is 2.27. The Kier molecular flexibility index (Phi) is 4.71. The molecule has 0 amide bonds. The van der Waals surface area contributed by atoms with Crippen molar-refractivity contribution >= 4 is 0 Å². The van der Waals surface area contributed by atoms with Crippen LogP contribution in [-0.4, -0.2) is 0 Å². The number of benzene rings is 1. The molecule has 0 bridgehead atoms. The zero-order chi connectivity index (χ0) is 14.6. The quantitative estimate of drug-likeness (QED) is 0.543. The maximum absolute atomic E-state index is 3.28. The molecule has 106 valence electrons. The van der Waals surface area contributed by atoms with E-state index in [4.69, 9.17) is 0 Å². The SMILES string of the molecule is Cc1ccccc1C#CC=C1CCC(C(C)(C)C)CC1. The number of rotatable bonds is 0.